The van der Waals surface area contributed by atoms with Crippen molar-refractivity contribution in [2.45, 2.75) is 38.7 Å². The van der Waals surface area contributed by atoms with E-state index in [0.717, 1.165) is 25.0 Å². The summed E-state index contributed by atoms with van der Waals surface area (Å²) in [6.07, 6.45) is 3.09. The van der Waals surface area contributed by atoms with E-state index in [2.05, 4.69) is 26.0 Å². The van der Waals surface area contributed by atoms with E-state index < -0.39 is 0 Å². The molecule has 1 aromatic carbocycles. The fourth-order valence-corrected chi connectivity index (χ4v) is 2.09. The molecule has 0 bridgehead atoms. The van der Waals surface area contributed by atoms with Crippen molar-refractivity contribution in [3.05, 3.63) is 29.8 Å². The third-order valence-corrected chi connectivity index (χ3v) is 3.70. The zero-order valence-electron chi connectivity index (χ0n) is 12.6. The summed E-state index contributed by atoms with van der Waals surface area (Å²) >= 11 is 0. The van der Waals surface area contributed by atoms with E-state index in [1.807, 2.05) is 12.1 Å². The monoisotopic (exact) mass is 265 g/mol. The van der Waals surface area contributed by atoms with E-state index >= 15 is 0 Å². The molecule has 0 aliphatic rings. The zero-order chi connectivity index (χ0) is 14.3. The van der Waals surface area contributed by atoms with Crippen molar-refractivity contribution >= 4 is 0 Å². The van der Waals surface area contributed by atoms with E-state index in [1.54, 1.807) is 14.2 Å². The molecule has 1 atom stereocenters. The predicted molar refractivity (Wildman–Crippen MR) is 79.6 cm³/mol. The van der Waals surface area contributed by atoms with Crippen LogP contribution in [0.3, 0.4) is 0 Å². The summed E-state index contributed by atoms with van der Waals surface area (Å²) in [5.41, 5.74) is 7.10. The number of methoxy groups -OCH3 is 2. The quantitative estimate of drug-likeness (QED) is 0.786. The van der Waals surface area contributed by atoms with Crippen LogP contribution in [0.25, 0.3) is 0 Å². The highest BCUT2D eigenvalue weighted by molar-refractivity contribution is 5.28. The maximum absolute atomic E-state index is 5.89. The number of hydrogen-bond donors (Lipinski definition) is 1. The van der Waals surface area contributed by atoms with Crippen LogP contribution in [-0.4, -0.2) is 26.4 Å². The van der Waals surface area contributed by atoms with Gasteiger partial charge in [-0.3, -0.25) is 0 Å². The first-order chi connectivity index (χ1) is 9.00. The van der Waals surface area contributed by atoms with Crippen LogP contribution in [-0.2, 0) is 11.2 Å². The van der Waals surface area contributed by atoms with Gasteiger partial charge in [-0.25, -0.2) is 0 Å². The van der Waals surface area contributed by atoms with Crippen LogP contribution in [0.4, 0.5) is 0 Å². The lowest BCUT2D eigenvalue weighted by molar-refractivity contribution is 0.0106. The first kappa shape index (κ1) is 16.0. The normalized spacial score (nSPS) is 13.3. The van der Waals surface area contributed by atoms with Gasteiger partial charge in [0, 0.05) is 7.11 Å². The third-order valence-electron chi connectivity index (χ3n) is 3.70. The highest BCUT2D eigenvalue weighted by Gasteiger charge is 2.19. The summed E-state index contributed by atoms with van der Waals surface area (Å²) in [5.74, 6) is 1.40. The van der Waals surface area contributed by atoms with Crippen LogP contribution >= 0.6 is 0 Å². The summed E-state index contributed by atoms with van der Waals surface area (Å²) < 4.78 is 10.7. The highest BCUT2D eigenvalue weighted by atomic mass is 16.5. The average Bonchev–Trinajstić information content (AvgIpc) is 2.43. The fraction of sp³-hybridized carbons (Fsp3) is 0.625. The summed E-state index contributed by atoms with van der Waals surface area (Å²) in [4.78, 5) is 0. The molecule has 0 aromatic heterocycles. The van der Waals surface area contributed by atoms with Crippen LogP contribution in [0.1, 0.15) is 32.3 Å². The van der Waals surface area contributed by atoms with E-state index in [0.29, 0.717) is 12.5 Å². The number of hydrogen-bond acceptors (Lipinski definition) is 3. The molecule has 0 aliphatic carbocycles. The van der Waals surface area contributed by atoms with Crippen LogP contribution in [0.5, 0.6) is 5.75 Å². The molecule has 1 unspecified atom stereocenters. The average molecular weight is 265 g/mol. The van der Waals surface area contributed by atoms with Crippen LogP contribution < -0.4 is 10.5 Å². The van der Waals surface area contributed by atoms with Crippen LogP contribution in [0.2, 0.25) is 0 Å². The second-order valence-electron chi connectivity index (χ2n) is 5.66. The Hall–Kier alpha value is -1.06. The number of ether oxygens (including phenoxy) is 2. The largest absolute Gasteiger partial charge is 0.497 e. The first-order valence-electron chi connectivity index (χ1n) is 6.89. The Balaban J connectivity index is 2.56. The lowest BCUT2D eigenvalue weighted by Gasteiger charge is -2.25. The topological polar surface area (TPSA) is 44.5 Å². The molecule has 0 heterocycles. The van der Waals surface area contributed by atoms with Crippen molar-refractivity contribution in [1.29, 1.82) is 0 Å². The Kier molecular flexibility index (Phi) is 6.32. The van der Waals surface area contributed by atoms with E-state index in [9.17, 15) is 0 Å². The van der Waals surface area contributed by atoms with Gasteiger partial charge in [-0.2, -0.15) is 0 Å². The summed E-state index contributed by atoms with van der Waals surface area (Å²) in [6.45, 7) is 4.94. The zero-order valence-corrected chi connectivity index (χ0v) is 12.6. The van der Waals surface area contributed by atoms with Crippen LogP contribution in [0.15, 0.2) is 24.3 Å². The Morgan fingerprint density at radius 1 is 1.26 bits per heavy atom. The molecule has 0 spiro atoms. The van der Waals surface area contributed by atoms with E-state index in [4.69, 9.17) is 15.2 Å². The summed E-state index contributed by atoms with van der Waals surface area (Å²) in [7, 11) is 3.46. The third kappa shape index (κ3) is 5.62. The molecule has 0 aliphatic heterocycles. The Labute approximate surface area is 117 Å². The van der Waals surface area contributed by atoms with E-state index in [-0.39, 0.29) is 5.60 Å². The number of benzene rings is 1. The smallest absolute Gasteiger partial charge is 0.119 e. The van der Waals surface area contributed by atoms with Crippen molar-refractivity contribution in [3.8, 4) is 5.75 Å². The minimum Gasteiger partial charge on any atom is -0.497 e. The number of nitrogens with two attached hydrogens (primary N) is 1. The molecule has 2 N–H and O–H groups in total. The minimum atomic E-state index is -0.0677. The molecule has 0 fully saturated rings. The molecular weight excluding hydrogens is 238 g/mol. The van der Waals surface area contributed by atoms with Gasteiger partial charge in [0.25, 0.3) is 0 Å². The Morgan fingerprint density at radius 3 is 2.58 bits per heavy atom. The Morgan fingerprint density at radius 2 is 2.00 bits per heavy atom. The van der Waals surface area contributed by atoms with E-state index in [1.165, 1.54) is 5.56 Å². The van der Waals surface area contributed by atoms with Gasteiger partial charge in [-0.15, -0.1) is 0 Å². The second-order valence-corrected chi connectivity index (χ2v) is 5.66. The Bertz CT molecular complexity index is 377. The SMILES string of the molecule is COc1cccc(CC(CN)CCC(C)(C)OC)c1. The summed E-state index contributed by atoms with van der Waals surface area (Å²) in [5, 5.41) is 0. The van der Waals surface area contributed by atoms with Crippen molar-refractivity contribution in [2.75, 3.05) is 20.8 Å². The second kappa shape index (κ2) is 7.51. The summed E-state index contributed by atoms with van der Waals surface area (Å²) in [6, 6.07) is 8.21. The van der Waals surface area contributed by atoms with Gasteiger partial charge in [-0.05, 0) is 63.3 Å². The van der Waals surface area contributed by atoms with Gasteiger partial charge in [0.1, 0.15) is 5.75 Å². The molecule has 19 heavy (non-hydrogen) atoms. The molecule has 0 saturated heterocycles. The number of rotatable bonds is 8. The maximum atomic E-state index is 5.89. The van der Waals surface area contributed by atoms with Gasteiger partial charge in [-0.1, -0.05) is 12.1 Å². The lowest BCUT2D eigenvalue weighted by atomic mass is 9.90. The lowest BCUT2D eigenvalue weighted by Crippen LogP contribution is -2.26. The predicted octanol–water partition coefficient (Wildman–Crippen LogP) is 3.02. The van der Waals surface area contributed by atoms with Gasteiger partial charge in [0.05, 0.1) is 12.7 Å². The molecule has 1 aromatic rings. The van der Waals surface area contributed by atoms with Crippen molar-refractivity contribution in [2.24, 2.45) is 11.7 Å². The standard InChI is InChI=1S/C16H27NO2/c1-16(2,19-4)9-8-14(12-17)10-13-6-5-7-15(11-13)18-3/h5-7,11,14H,8-10,12,17H2,1-4H3. The van der Waals surface area contributed by atoms with Gasteiger partial charge >= 0.3 is 0 Å². The minimum absolute atomic E-state index is 0.0677. The molecule has 3 nitrogen and oxygen atoms in total. The molecule has 0 amide bonds. The molecule has 108 valence electrons. The molecule has 3 heteroatoms. The van der Waals surface area contributed by atoms with Crippen molar-refractivity contribution in [1.82, 2.24) is 0 Å². The molecule has 0 radical (unpaired) electrons. The van der Waals surface area contributed by atoms with Gasteiger partial charge in [0.2, 0.25) is 0 Å². The van der Waals surface area contributed by atoms with Gasteiger partial charge in [0.15, 0.2) is 0 Å². The van der Waals surface area contributed by atoms with Crippen LogP contribution in [0, 0.1) is 5.92 Å². The first-order valence-corrected chi connectivity index (χ1v) is 6.89. The van der Waals surface area contributed by atoms with Crippen molar-refractivity contribution in [3.63, 3.8) is 0 Å². The highest BCUT2D eigenvalue weighted by Crippen LogP contribution is 2.22. The molecular formula is C16H27NO2. The fourth-order valence-electron chi connectivity index (χ4n) is 2.09. The molecule has 1 rings (SSSR count). The van der Waals surface area contributed by atoms with Gasteiger partial charge < -0.3 is 15.2 Å². The molecule has 0 saturated carbocycles. The maximum Gasteiger partial charge on any atom is 0.119 e. The van der Waals surface area contributed by atoms with Crippen molar-refractivity contribution < 1.29 is 9.47 Å².